The van der Waals surface area contributed by atoms with Gasteiger partial charge in [-0.2, -0.15) is 13.2 Å². The number of nitrogens with one attached hydrogen (secondary N) is 1. The molecule has 3 rings (SSSR count). The number of amides is 1. The number of carbonyl (C=O) groups is 1. The molecule has 5 nitrogen and oxygen atoms in total. The number of aromatic nitrogens is 3. The first-order chi connectivity index (χ1) is 12.3. The van der Waals surface area contributed by atoms with Crippen molar-refractivity contribution < 1.29 is 18.0 Å². The molecule has 134 valence electrons. The van der Waals surface area contributed by atoms with Crippen molar-refractivity contribution in [3.8, 4) is 0 Å². The van der Waals surface area contributed by atoms with Crippen molar-refractivity contribution >= 4 is 23.4 Å². The van der Waals surface area contributed by atoms with Gasteiger partial charge in [0, 0.05) is 23.2 Å². The Morgan fingerprint density at radius 3 is 2.27 bits per heavy atom. The van der Waals surface area contributed by atoms with E-state index in [4.69, 9.17) is 0 Å². The summed E-state index contributed by atoms with van der Waals surface area (Å²) in [5, 5.41) is 11.1. The minimum atomic E-state index is -4.43. The van der Waals surface area contributed by atoms with Crippen LogP contribution in [0, 0.1) is 0 Å². The van der Waals surface area contributed by atoms with E-state index in [1.54, 1.807) is 23.0 Å². The standard InChI is InChI=1S/C17H13F3N4OS/c1-24-10-21-23-16(24)26-14-8-6-13(7-9-14)22-15(25)11-2-4-12(5-3-11)17(18,19)20/h2-10H,1H3,(H,22,25). The molecule has 1 N–H and O–H groups in total. The SMILES string of the molecule is Cn1cnnc1Sc1ccc(NC(=O)c2ccc(C(F)(F)F)cc2)cc1. The third-order valence-electron chi connectivity index (χ3n) is 3.47. The van der Waals surface area contributed by atoms with Gasteiger partial charge in [-0.15, -0.1) is 10.2 Å². The van der Waals surface area contributed by atoms with Gasteiger partial charge in [0.05, 0.1) is 5.56 Å². The third kappa shape index (κ3) is 4.23. The van der Waals surface area contributed by atoms with E-state index in [1.807, 2.05) is 19.2 Å². The zero-order valence-corrected chi connectivity index (χ0v) is 14.3. The summed E-state index contributed by atoms with van der Waals surface area (Å²) in [6.45, 7) is 0. The zero-order chi connectivity index (χ0) is 18.7. The Morgan fingerprint density at radius 2 is 1.73 bits per heavy atom. The normalized spacial score (nSPS) is 11.4. The summed E-state index contributed by atoms with van der Waals surface area (Å²) in [5.41, 5.74) is -0.105. The average molecular weight is 378 g/mol. The number of benzene rings is 2. The smallest absolute Gasteiger partial charge is 0.322 e. The van der Waals surface area contributed by atoms with Gasteiger partial charge in [-0.1, -0.05) is 0 Å². The molecule has 0 saturated heterocycles. The Morgan fingerprint density at radius 1 is 1.08 bits per heavy atom. The van der Waals surface area contributed by atoms with Gasteiger partial charge in [-0.3, -0.25) is 4.79 Å². The molecule has 0 unspecified atom stereocenters. The molecule has 0 saturated carbocycles. The maximum atomic E-state index is 12.6. The molecule has 0 radical (unpaired) electrons. The van der Waals surface area contributed by atoms with Crippen LogP contribution in [0.3, 0.4) is 0 Å². The Labute approximate surface area is 151 Å². The van der Waals surface area contributed by atoms with Crippen LogP contribution in [-0.4, -0.2) is 20.7 Å². The van der Waals surface area contributed by atoms with Gasteiger partial charge in [0.1, 0.15) is 6.33 Å². The average Bonchev–Trinajstić information content (AvgIpc) is 3.01. The first-order valence-electron chi connectivity index (χ1n) is 7.43. The number of nitrogens with zero attached hydrogens (tertiary/aromatic N) is 3. The fraction of sp³-hybridized carbons (Fsp3) is 0.118. The van der Waals surface area contributed by atoms with Gasteiger partial charge < -0.3 is 9.88 Å². The van der Waals surface area contributed by atoms with Crippen molar-refractivity contribution in [2.24, 2.45) is 7.05 Å². The van der Waals surface area contributed by atoms with Crippen LogP contribution in [0.15, 0.2) is 64.9 Å². The number of anilines is 1. The Hall–Kier alpha value is -2.81. The van der Waals surface area contributed by atoms with E-state index < -0.39 is 17.6 Å². The molecule has 0 aliphatic carbocycles. The van der Waals surface area contributed by atoms with Gasteiger partial charge in [0.2, 0.25) is 0 Å². The first-order valence-corrected chi connectivity index (χ1v) is 8.25. The summed E-state index contributed by atoms with van der Waals surface area (Å²) < 4.78 is 39.4. The third-order valence-corrected chi connectivity index (χ3v) is 4.53. The Bertz CT molecular complexity index is 905. The van der Waals surface area contributed by atoms with Crippen LogP contribution in [0.5, 0.6) is 0 Å². The van der Waals surface area contributed by atoms with E-state index in [2.05, 4.69) is 15.5 Å². The van der Waals surface area contributed by atoms with Crippen LogP contribution in [0.4, 0.5) is 18.9 Å². The molecule has 9 heteroatoms. The molecular formula is C17H13F3N4OS. The molecule has 2 aromatic carbocycles. The fourth-order valence-corrected chi connectivity index (χ4v) is 2.85. The highest BCUT2D eigenvalue weighted by molar-refractivity contribution is 7.99. The lowest BCUT2D eigenvalue weighted by Crippen LogP contribution is -2.12. The second-order valence-corrected chi connectivity index (χ2v) is 6.42. The van der Waals surface area contributed by atoms with Crippen LogP contribution >= 0.6 is 11.8 Å². The molecule has 1 heterocycles. The van der Waals surface area contributed by atoms with Gasteiger partial charge in [-0.05, 0) is 60.3 Å². The van der Waals surface area contributed by atoms with Crippen LogP contribution in [-0.2, 0) is 13.2 Å². The molecule has 1 amide bonds. The molecule has 0 bridgehead atoms. The van der Waals surface area contributed by atoms with E-state index in [-0.39, 0.29) is 5.56 Å². The molecular weight excluding hydrogens is 365 g/mol. The van der Waals surface area contributed by atoms with Crippen LogP contribution in [0.1, 0.15) is 15.9 Å². The topological polar surface area (TPSA) is 59.8 Å². The first kappa shape index (κ1) is 18.0. The number of hydrogen-bond acceptors (Lipinski definition) is 4. The molecule has 0 fully saturated rings. The van der Waals surface area contributed by atoms with E-state index in [1.165, 1.54) is 11.8 Å². The van der Waals surface area contributed by atoms with Crippen molar-refractivity contribution in [3.63, 3.8) is 0 Å². The summed E-state index contributed by atoms with van der Waals surface area (Å²) in [5.74, 6) is -0.479. The summed E-state index contributed by atoms with van der Waals surface area (Å²) in [4.78, 5) is 13.1. The summed E-state index contributed by atoms with van der Waals surface area (Å²) >= 11 is 1.42. The lowest BCUT2D eigenvalue weighted by atomic mass is 10.1. The summed E-state index contributed by atoms with van der Waals surface area (Å²) in [6, 6.07) is 11.1. The maximum absolute atomic E-state index is 12.6. The monoisotopic (exact) mass is 378 g/mol. The number of carbonyl (C=O) groups excluding carboxylic acids is 1. The molecule has 0 aliphatic heterocycles. The van der Waals surface area contributed by atoms with Crippen molar-refractivity contribution in [3.05, 3.63) is 66.0 Å². The number of aryl methyl sites for hydroxylation is 1. The molecule has 1 aromatic heterocycles. The van der Waals surface area contributed by atoms with Crippen molar-refractivity contribution in [2.75, 3.05) is 5.32 Å². The second-order valence-electron chi connectivity index (χ2n) is 5.38. The van der Waals surface area contributed by atoms with Gasteiger partial charge >= 0.3 is 6.18 Å². The number of alkyl halides is 3. The lowest BCUT2D eigenvalue weighted by molar-refractivity contribution is -0.137. The van der Waals surface area contributed by atoms with E-state index in [9.17, 15) is 18.0 Å². The van der Waals surface area contributed by atoms with E-state index in [0.717, 1.165) is 34.3 Å². The zero-order valence-electron chi connectivity index (χ0n) is 13.5. The van der Waals surface area contributed by atoms with E-state index >= 15 is 0 Å². The Balaban J connectivity index is 1.65. The lowest BCUT2D eigenvalue weighted by Gasteiger charge is -2.09. The minimum Gasteiger partial charge on any atom is -0.322 e. The van der Waals surface area contributed by atoms with Crippen molar-refractivity contribution in [1.29, 1.82) is 0 Å². The highest BCUT2D eigenvalue weighted by atomic mass is 32.2. The molecule has 0 spiro atoms. The van der Waals surface area contributed by atoms with Crippen molar-refractivity contribution in [2.45, 2.75) is 16.2 Å². The molecule has 0 aliphatic rings. The largest absolute Gasteiger partial charge is 0.416 e. The predicted molar refractivity (Wildman–Crippen MR) is 91.0 cm³/mol. The van der Waals surface area contributed by atoms with Crippen molar-refractivity contribution in [1.82, 2.24) is 14.8 Å². The number of rotatable bonds is 4. The highest BCUT2D eigenvalue weighted by Crippen LogP contribution is 2.29. The van der Waals surface area contributed by atoms with E-state index in [0.29, 0.717) is 5.69 Å². The molecule has 0 atom stereocenters. The molecule has 3 aromatic rings. The van der Waals surface area contributed by atoms with Gasteiger partial charge in [0.25, 0.3) is 5.91 Å². The highest BCUT2D eigenvalue weighted by Gasteiger charge is 2.30. The van der Waals surface area contributed by atoms with Crippen LogP contribution < -0.4 is 5.32 Å². The minimum absolute atomic E-state index is 0.149. The number of hydrogen-bond donors (Lipinski definition) is 1. The molecule has 26 heavy (non-hydrogen) atoms. The van der Waals surface area contributed by atoms with Crippen LogP contribution in [0.25, 0.3) is 0 Å². The van der Waals surface area contributed by atoms with Gasteiger partial charge in [-0.25, -0.2) is 0 Å². The van der Waals surface area contributed by atoms with Crippen LogP contribution in [0.2, 0.25) is 0 Å². The maximum Gasteiger partial charge on any atom is 0.416 e. The fourth-order valence-electron chi connectivity index (χ4n) is 2.09. The quantitative estimate of drug-likeness (QED) is 0.738. The predicted octanol–water partition coefficient (Wildman–Crippen LogP) is 4.24. The Kier molecular flexibility index (Phi) is 4.99. The van der Waals surface area contributed by atoms with Gasteiger partial charge in [0.15, 0.2) is 5.16 Å². The number of halogens is 3. The second kappa shape index (κ2) is 7.20. The summed E-state index contributed by atoms with van der Waals surface area (Å²) in [6.07, 6.45) is -2.83. The summed E-state index contributed by atoms with van der Waals surface area (Å²) in [7, 11) is 1.83.